The third-order valence-corrected chi connectivity index (χ3v) is 6.38. The number of non-ortho nitro benzene ring substituents is 1. The number of anilines is 1. The normalized spacial score (nSPS) is 15.4. The van der Waals surface area contributed by atoms with E-state index in [1.807, 2.05) is 6.07 Å². The smallest absolute Gasteiger partial charge is 0.272 e. The molecule has 0 bridgehead atoms. The van der Waals surface area contributed by atoms with Crippen molar-refractivity contribution in [3.8, 4) is 0 Å². The first kappa shape index (κ1) is 17.5. The molecule has 3 rings (SSSR count). The van der Waals surface area contributed by atoms with Crippen LogP contribution in [0.4, 0.5) is 11.4 Å². The van der Waals surface area contributed by atoms with Crippen LogP contribution in [0.15, 0.2) is 29.3 Å². The molecule has 0 saturated heterocycles. The van der Waals surface area contributed by atoms with Gasteiger partial charge in [-0.25, -0.2) is 4.98 Å². The molecule has 0 aliphatic heterocycles. The summed E-state index contributed by atoms with van der Waals surface area (Å²) in [6.45, 7) is 0.555. The standard InChI is InChI=1S/C16H18ClN3O2S2/c17-16-19-10-15(24-16)9-18-11-6-12(20(21)22)8-14(7-11)23-13-4-2-1-3-5-13/h6-8,10,13,18H,1-5,9H2. The molecule has 1 aliphatic rings. The Balaban J connectivity index is 1.73. The van der Waals surface area contributed by atoms with Crippen LogP contribution >= 0.6 is 34.7 Å². The average Bonchev–Trinajstić information content (AvgIpc) is 2.99. The van der Waals surface area contributed by atoms with Crippen molar-refractivity contribution < 1.29 is 4.92 Å². The molecule has 0 spiro atoms. The zero-order chi connectivity index (χ0) is 16.9. The third kappa shape index (κ3) is 4.84. The van der Waals surface area contributed by atoms with Crippen molar-refractivity contribution in [1.82, 2.24) is 4.98 Å². The Labute approximate surface area is 154 Å². The lowest BCUT2D eigenvalue weighted by molar-refractivity contribution is -0.385. The third-order valence-electron chi connectivity index (χ3n) is 3.95. The topological polar surface area (TPSA) is 68.1 Å². The first-order chi connectivity index (χ1) is 11.6. The zero-order valence-electron chi connectivity index (χ0n) is 13.0. The van der Waals surface area contributed by atoms with Gasteiger partial charge in [-0.15, -0.1) is 23.1 Å². The molecule has 128 valence electrons. The second-order valence-electron chi connectivity index (χ2n) is 5.78. The van der Waals surface area contributed by atoms with Crippen molar-refractivity contribution in [2.45, 2.75) is 48.8 Å². The van der Waals surface area contributed by atoms with Crippen LogP contribution in [0, 0.1) is 10.1 Å². The van der Waals surface area contributed by atoms with E-state index in [0.29, 0.717) is 16.3 Å². The monoisotopic (exact) mass is 383 g/mol. The van der Waals surface area contributed by atoms with E-state index in [1.54, 1.807) is 30.1 Å². The number of hydrogen-bond donors (Lipinski definition) is 1. The Bertz CT molecular complexity index is 717. The minimum absolute atomic E-state index is 0.126. The zero-order valence-corrected chi connectivity index (χ0v) is 15.4. The van der Waals surface area contributed by atoms with Crippen LogP contribution in [-0.4, -0.2) is 15.2 Å². The van der Waals surface area contributed by atoms with Gasteiger partial charge in [-0.05, 0) is 18.9 Å². The van der Waals surface area contributed by atoms with E-state index in [4.69, 9.17) is 11.6 Å². The van der Waals surface area contributed by atoms with Gasteiger partial charge in [0.05, 0.1) is 11.5 Å². The van der Waals surface area contributed by atoms with Crippen LogP contribution in [0.25, 0.3) is 0 Å². The maximum Gasteiger partial charge on any atom is 0.272 e. The lowest BCUT2D eigenvalue weighted by atomic mass is 10.0. The number of nitrogens with one attached hydrogen (secondary N) is 1. The molecule has 24 heavy (non-hydrogen) atoms. The van der Waals surface area contributed by atoms with Crippen LogP contribution in [0.2, 0.25) is 4.47 Å². The highest BCUT2D eigenvalue weighted by Gasteiger charge is 2.17. The maximum atomic E-state index is 11.2. The average molecular weight is 384 g/mol. The molecule has 0 amide bonds. The van der Waals surface area contributed by atoms with Gasteiger partial charge in [0.1, 0.15) is 0 Å². The van der Waals surface area contributed by atoms with Crippen LogP contribution in [0.1, 0.15) is 37.0 Å². The number of rotatable bonds is 6. The summed E-state index contributed by atoms with van der Waals surface area (Å²) >= 11 is 8.99. The Kier molecular flexibility index (Phi) is 5.97. The molecule has 0 radical (unpaired) electrons. The maximum absolute atomic E-state index is 11.2. The van der Waals surface area contributed by atoms with E-state index in [1.165, 1.54) is 43.4 Å². The van der Waals surface area contributed by atoms with Gasteiger partial charge < -0.3 is 5.32 Å². The molecule has 0 unspecified atom stereocenters. The number of nitro benzene ring substituents is 1. The fourth-order valence-electron chi connectivity index (χ4n) is 2.79. The highest BCUT2D eigenvalue weighted by molar-refractivity contribution is 8.00. The molecule has 8 heteroatoms. The highest BCUT2D eigenvalue weighted by atomic mass is 35.5. The number of benzene rings is 1. The van der Waals surface area contributed by atoms with Crippen LogP contribution in [0.3, 0.4) is 0 Å². The molecular formula is C16H18ClN3O2S2. The number of hydrogen-bond acceptors (Lipinski definition) is 6. The molecule has 2 aromatic rings. The number of thioether (sulfide) groups is 1. The Hall–Kier alpha value is -1.31. The van der Waals surface area contributed by atoms with Gasteiger partial charge in [-0.3, -0.25) is 10.1 Å². The predicted octanol–water partition coefficient (Wildman–Crippen LogP) is 5.74. The van der Waals surface area contributed by atoms with Gasteiger partial charge >= 0.3 is 0 Å². The van der Waals surface area contributed by atoms with Crippen molar-refractivity contribution >= 4 is 46.1 Å². The molecule has 5 nitrogen and oxygen atoms in total. The van der Waals surface area contributed by atoms with Crippen LogP contribution < -0.4 is 5.32 Å². The van der Waals surface area contributed by atoms with E-state index in [-0.39, 0.29) is 10.6 Å². The molecule has 1 aromatic carbocycles. The molecule has 1 N–H and O–H groups in total. The van der Waals surface area contributed by atoms with Crippen molar-refractivity contribution in [3.05, 3.63) is 43.9 Å². The van der Waals surface area contributed by atoms with Gasteiger partial charge in [0.25, 0.3) is 5.69 Å². The van der Waals surface area contributed by atoms with Gasteiger partial charge in [0, 0.05) is 39.0 Å². The summed E-state index contributed by atoms with van der Waals surface area (Å²) in [6, 6.07) is 5.25. The van der Waals surface area contributed by atoms with Crippen molar-refractivity contribution in [1.29, 1.82) is 0 Å². The highest BCUT2D eigenvalue weighted by Crippen LogP contribution is 2.36. The van der Waals surface area contributed by atoms with Crippen LogP contribution in [0.5, 0.6) is 0 Å². The van der Waals surface area contributed by atoms with Crippen molar-refractivity contribution in [2.75, 3.05) is 5.32 Å². The van der Waals surface area contributed by atoms with E-state index >= 15 is 0 Å². The van der Waals surface area contributed by atoms with Gasteiger partial charge in [0.2, 0.25) is 0 Å². The number of aromatic nitrogens is 1. The van der Waals surface area contributed by atoms with Gasteiger partial charge in [0.15, 0.2) is 4.47 Å². The van der Waals surface area contributed by atoms with E-state index in [0.717, 1.165) is 15.5 Å². The molecule has 1 heterocycles. The van der Waals surface area contributed by atoms with E-state index in [2.05, 4.69) is 10.3 Å². The number of halogens is 1. The minimum atomic E-state index is -0.334. The largest absolute Gasteiger partial charge is 0.380 e. The fraction of sp³-hybridized carbons (Fsp3) is 0.438. The Morgan fingerprint density at radius 2 is 2.12 bits per heavy atom. The SMILES string of the molecule is O=[N+]([O-])c1cc(NCc2cnc(Cl)s2)cc(SC2CCCCC2)c1. The Morgan fingerprint density at radius 3 is 2.79 bits per heavy atom. The quantitative estimate of drug-likeness (QED) is 0.508. The van der Waals surface area contributed by atoms with Crippen LogP contribution in [-0.2, 0) is 6.54 Å². The molecule has 1 aromatic heterocycles. The molecule has 0 atom stereocenters. The second kappa shape index (κ2) is 8.18. The summed E-state index contributed by atoms with van der Waals surface area (Å²) in [6.07, 6.45) is 7.91. The summed E-state index contributed by atoms with van der Waals surface area (Å²) < 4.78 is 0.499. The summed E-state index contributed by atoms with van der Waals surface area (Å²) in [5, 5.41) is 15.0. The lowest BCUT2D eigenvalue weighted by Crippen LogP contribution is -2.08. The predicted molar refractivity (Wildman–Crippen MR) is 100 cm³/mol. The molecular weight excluding hydrogens is 366 g/mol. The molecule has 1 fully saturated rings. The van der Waals surface area contributed by atoms with E-state index in [9.17, 15) is 10.1 Å². The van der Waals surface area contributed by atoms with Gasteiger partial charge in [-0.2, -0.15) is 0 Å². The minimum Gasteiger partial charge on any atom is -0.380 e. The summed E-state index contributed by atoms with van der Waals surface area (Å²) in [4.78, 5) is 16.8. The number of nitrogens with zero attached hydrogens (tertiary/aromatic N) is 2. The first-order valence-corrected chi connectivity index (χ1v) is 9.98. The number of nitro groups is 1. The van der Waals surface area contributed by atoms with Gasteiger partial charge in [-0.1, -0.05) is 30.9 Å². The molecule has 1 aliphatic carbocycles. The summed E-state index contributed by atoms with van der Waals surface area (Å²) in [7, 11) is 0. The summed E-state index contributed by atoms with van der Waals surface area (Å²) in [5.41, 5.74) is 0.882. The second-order valence-corrected chi connectivity index (χ2v) is 8.85. The summed E-state index contributed by atoms with van der Waals surface area (Å²) in [5.74, 6) is 0. The molecule has 1 saturated carbocycles. The first-order valence-electron chi connectivity index (χ1n) is 7.90. The van der Waals surface area contributed by atoms with Crippen molar-refractivity contribution in [2.24, 2.45) is 0 Å². The fourth-order valence-corrected chi connectivity index (χ4v) is 5.04. The lowest BCUT2D eigenvalue weighted by Gasteiger charge is -2.21. The van der Waals surface area contributed by atoms with Crippen molar-refractivity contribution in [3.63, 3.8) is 0 Å². The number of thiazole rings is 1. The Morgan fingerprint density at radius 1 is 1.33 bits per heavy atom. The van der Waals surface area contributed by atoms with E-state index < -0.39 is 0 Å².